The first kappa shape index (κ1) is 35.3. The van der Waals surface area contributed by atoms with Crippen LogP contribution in [0.5, 0.6) is 5.88 Å². The molecule has 4 bridgehead atoms. The molecule has 3 aromatic rings. The molecule has 10 nitrogen and oxygen atoms in total. The molecule has 2 aliphatic rings. The van der Waals surface area contributed by atoms with Crippen LogP contribution in [0.1, 0.15) is 94.6 Å². The van der Waals surface area contributed by atoms with Crippen LogP contribution >= 0.6 is 0 Å². The number of anilines is 1. The number of hydrogen-bond acceptors (Lipinski definition) is 7. The summed E-state index contributed by atoms with van der Waals surface area (Å²) in [5, 5.41) is 3.12. The second-order valence-electron chi connectivity index (χ2n) is 14.7. The van der Waals surface area contributed by atoms with E-state index in [9.17, 15) is 18.0 Å². The van der Waals surface area contributed by atoms with Crippen molar-refractivity contribution in [2.24, 2.45) is 10.8 Å². The molecule has 1 aromatic heterocycles. The van der Waals surface area contributed by atoms with E-state index in [0.717, 1.165) is 42.4 Å². The Hall–Kier alpha value is -3.99. The molecule has 2 N–H and O–H groups in total. The summed E-state index contributed by atoms with van der Waals surface area (Å²) in [6, 6.07) is 13.6. The van der Waals surface area contributed by atoms with Gasteiger partial charge in [-0.25, -0.2) is 18.1 Å². The topological polar surface area (TPSA) is 131 Å². The van der Waals surface area contributed by atoms with Crippen molar-refractivity contribution in [3.63, 3.8) is 0 Å². The fraction of sp³-hybridized carbons (Fsp3) is 0.514. The summed E-state index contributed by atoms with van der Waals surface area (Å²) in [5.74, 6) is -0.0835. The fourth-order valence-electron chi connectivity index (χ4n) is 7.07. The van der Waals surface area contributed by atoms with E-state index in [1.54, 1.807) is 18.2 Å². The Balaban J connectivity index is 1.56. The highest BCUT2D eigenvalue weighted by molar-refractivity contribution is 7.92. The summed E-state index contributed by atoms with van der Waals surface area (Å²) < 4.78 is 36.3. The van der Waals surface area contributed by atoms with Crippen molar-refractivity contribution in [3.05, 3.63) is 65.2 Å². The molecule has 2 amide bonds. The van der Waals surface area contributed by atoms with E-state index in [1.165, 1.54) is 12.1 Å². The Labute approximate surface area is 285 Å². The maximum atomic E-state index is 14.5. The summed E-state index contributed by atoms with van der Waals surface area (Å²) in [7, 11) is -4.15. The molecule has 2 aromatic carbocycles. The third-order valence-electron chi connectivity index (χ3n) is 9.71. The van der Waals surface area contributed by atoms with Gasteiger partial charge in [0.25, 0.3) is 15.9 Å². The van der Waals surface area contributed by atoms with Gasteiger partial charge in [-0.15, -0.1) is 0 Å². The highest BCUT2D eigenvalue weighted by atomic mass is 32.2. The van der Waals surface area contributed by atoms with Crippen molar-refractivity contribution in [3.8, 4) is 17.1 Å². The molecule has 0 spiro atoms. The second-order valence-corrected chi connectivity index (χ2v) is 16.4. The van der Waals surface area contributed by atoms with Gasteiger partial charge < -0.3 is 15.0 Å². The summed E-state index contributed by atoms with van der Waals surface area (Å²) in [4.78, 5) is 37.4. The van der Waals surface area contributed by atoms with Gasteiger partial charge in [-0.1, -0.05) is 65.3 Å². The Morgan fingerprint density at radius 2 is 1.75 bits per heavy atom. The number of ether oxygens (including phenoxy) is 1. The average Bonchev–Trinajstić information content (AvgIpc) is 3.00. The first-order valence-electron chi connectivity index (χ1n) is 16.9. The summed E-state index contributed by atoms with van der Waals surface area (Å²) in [6.45, 7) is 15.0. The van der Waals surface area contributed by atoms with Crippen LogP contribution in [0.2, 0.25) is 0 Å². The van der Waals surface area contributed by atoms with Crippen LogP contribution in [0.3, 0.4) is 0 Å². The van der Waals surface area contributed by atoms with Gasteiger partial charge in [0, 0.05) is 36.2 Å². The lowest BCUT2D eigenvalue weighted by Gasteiger charge is -2.49. The van der Waals surface area contributed by atoms with Crippen LogP contribution in [0, 0.1) is 24.7 Å². The predicted octanol–water partition coefficient (Wildman–Crippen LogP) is 6.68. The number of aryl methyl sites for hydroxylation is 2. The van der Waals surface area contributed by atoms with Crippen LogP contribution in [-0.2, 0) is 14.8 Å². The average molecular weight is 676 g/mol. The summed E-state index contributed by atoms with van der Waals surface area (Å²) in [5.41, 5.74) is 3.51. The maximum Gasteiger partial charge on any atom is 0.264 e. The number of hydrogen-bond donors (Lipinski definition) is 2. The molecule has 1 atom stereocenters. The van der Waals surface area contributed by atoms with Crippen LogP contribution in [0.4, 0.5) is 5.95 Å². The zero-order valence-electron chi connectivity index (χ0n) is 29.2. The molecule has 1 fully saturated rings. The zero-order chi connectivity index (χ0) is 34.9. The van der Waals surface area contributed by atoms with Crippen LogP contribution in [0.25, 0.3) is 11.3 Å². The monoisotopic (exact) mass is 675 g/mol. The van der Waals surface area contributed by atoms with E-state index in [4.69, 9.17) is 4.74 Å². The Bertz CT molecular complexity index is 1760. The minimum Gasteiger partial charge on any atom is -0.475 e. The van der Waals surface area contributed by atoms with E-state index in [2.05, 4.69) is 47.7 Å². The molecular formula is C37H49N5O5S. The number of carbonyl (C=O) groups is 2. The Kier molecular flexibility index (Phi) is 10.2. The predicted molar refractivity (Wildman–Crippen MR) is 187 cm³/mol. The molecule has 0 unspecified atom stereocenters. The van der Waals surface area contributed by atoms with Crippen molar-refractivity contribution in [1.82, 2.24) is 20.2 Å². The van der Waals surface area contributed by atoms with Gasteiger partial charge in [-0.3, -0.25) is 9.59 Å². The number of nitrogens with one attached hydrogen (secondary N) is 2. The zero-order valence-corrected chi connectivity index (χ0v) is 30.0. The third-order valence-corrected chi connectivity index (χ3v) is 11.0. The Morgan fingerprint density at radius 1 is 1.06 bits per heavy atom. The lowest BCUT2D eigenvalue weighted by Crippen LogP contribution is -2.53. The number of benzene rings is 2. The van der Waals surface area contributed by atoms with Gasteiger partial charge in [0.2, 0.25) is 17.7 Å². The Morgan fingerprint density at radius 3 is 2.40 bits per heavy atom. The minimum absolute atomic E-state index is 0.00273. The van der Waals surface area contributed by atoms with Gasteiger partial charge in [0.1, 0.15) is 6.61 Å². The van der Waals surface area contributed by atoms with Crippen molar-refractivity contribution in [2.75, 3.05) is 17.9 Å². The fourth-order valence-corrected chi connectivity index (χ4v) is 8.06. The molecule has 11 heteroatoms. The molecule has 1 aliphatic carbocycles. The number of rotatable bonds is 8. The van der Waals surface area contributed by atoms with Gasteiger partial charge in [0.05, 0.1) is 16.6 Å². The van der Waals surface area contributed by atoms with Gasteiger partial charge >= 0.3 is 0 Å². The second kappa shape index (κ2) is 13.9. The lowest BCUT2D eigenvalue weighted by atomic mass is 9.62. The number of aromatic nitrogens is 2. The number of carbonyl (C=O) groups excluding carboxylic acids is 2. The highest BCUT2D eigenvalue weighted by Gasteiger charge is 2.44. The minimum atomic E-state index is -4.15. The van der Waals surface area contributed by atoms with E-state index < -0.39 is 10.0 Å². The standard InChI is InChI=1S/C37H49N5O5S/c1-8-31(43)38-27-20-37(9-2,21-27)16-17-42-28(22-36(5,6)7)23-47-32-19-30(33-24(3)12-10-13-25(33)4)39-35(40-32)41-48(45,46)29-15-11-14-26(18-29)34(42)44/h10-15,18-19,27-28H,8-9,16-17,20-23H2,1-7H3,(H,38,43)(H,39,40,41)/t27?,28-,37?/m1/s1. The van der Waals surface area contributed by atoms with E-state index in [-0.39, 0.29) is 63.6 Å². The summed E-state index contributed by atoms with van der Waals surface area (Å²) >= 11 is 0. The third kappa shape index (κ3) is 7.99. The van der Waals surface area contributed by atoms with Crippen LogP contribution < -0.4 is 14.8 Å². The van der Waals surface area contributed by atoms with Crippen molar-refractivity contribution >= 4 is 27.8 Å². The number of nitrogens with zero attached hydrogens (tertiary/aromatic N) is 3. The molecule has 48 heavy (non-hydrogen) atoms. The first-order valence-corrected chi connectivity index (χ1v) is 18.4. The van der Waals surface area contributed by atoms with Crippen molar-refractivity contribution < 1.29 is 22.7 Å². The number of sulfonamides is 1. The summed E-state index contributed by atoms with van der Waals surface area (Å²) in [6.07, 6.45) is 4.51. The molecular weight excluding hydrogens is 627 g/mol. The maximum absolute atomic E-state index is 14.5. The van der Waals surface area contributed by atoms with Gasteiger partial charge in [-0.05, 0) is 79.7 Å². The first-order chi connectivity index (χ1) is 22.6. The number of fused-ring (bicyclic) bond motifs is 4. The number of amides is 2. The molecule has 2 heterocycles. The lowest BCUT2D eigenvalue weighted by molar-refractivity contribution is -0.123. The quantitative estimate of drug-likeness (QED) is 0.273. The highest BCUT2D eigenvalue weighted by Crippen LogP contribution is 2.47. The normalized spacial score (nSPS) is 22.2. The van der Waals surface area contributed by atoms with Gasteiger partial charge in [-0.2, -0.15) is 4.98 Å². The van der Waals surface area contributed by atoms with Crippen LogP contribution in [0.15, 0.2) is 53.4 Å². The van der Waals surface area contributed by atoms with E-state index in [1.807, 2.05) is 43.9 Å². The van der Waals surface area contributed by atoms with Gasteiger partial charge in [0.15, 0.2) is 0 Å². The SMILES string of the molecule is CCC(=O)NC1CC(CC)(CCN2C(=O)c3cccc(c3)S(=O)(=O)Nc3nc(cc(-c4c(C)cccc4C)n3)OC[C@H]2CC(C)(C)C)C1. The molecule has 258 valence electrons. The molecule has 1 saturated carbocycles. The molecule has 0 radical (unpaired) electrons. The van der Waals surface area contributed by atoms with E-state index in [0.29, 0.717) is 25.1 Å². The van der Waals surface area contributed by atoms with Crippen LogP contribution in [-0.4, -0.2) is 60.3 Å². The smallest absolute Gasteiger partial charge is 0.264 e. The van der Waals surface area contributed by atoms with E-state index >= 15 is 0 Å². The largest absolute Gasteiger partial charge is 0.475 e. The molecule has 1 aliphatic heterocycles. The molecule has 5 rings (SSSR count). The van der Waals surface area contributed by atoms with Crippen molar-refractivity contribution in [2.45, 2.75) is 104 Å². The van der Waals surface area contributed by atoms with Crippen molar-refractivity contribution in [1.29, 1.82) is 0 Å². The molecule has 0 saturated heterocycles.